The number of aryl methyl sites for hydroxylation is 3. The molecule has 0 amide bonds. The zero-order chi connectivity index (χ0) is 59.7. The number of para-hydroxylation sites is 5. The summed E-state index contributed by atoms with van der Waals surface area (Å²) in [5, 5.41) is 2.46. The second-order valence-electron chi connectivity index (χ2n) is 25.9. The van der Waals surface area contributed by atoms with Gasteiger partial charge in [0, 0.05) is 73.1 Å². The Bertz CT molecular complexity index is 4830. The zero-order valence-corrected chi connectivity index (χ0v) is 51.1. The van der Waals surface area contributed by atoms with Crippen LogP contribution in [0.2, 0.25) is 0 Å². The van der Waals surface area contributed by atoms with Crippen LogP contribution in [0.4, 0.5) is 51.2 Å². The molecule has 0 saturated heterocycles. The number of hydrogen-bond acceptors (Lipinski definition) is 4. The number of fused-ring (bicyclic) bond motifs is 10. The highest BCUT2D eigenvalue weighted by molar-refractivity contribution is 6.99. The predicted molar refractivity (Wildman–Crippen MR) is 372 cm³/mol. The Balaban J connectivity index is 0.779. The third-order valence-electron chi connectivity index (χ3n) is 19.0. The second kappa shape index (κ2) is 20.2. The molecule has 424 valence electrons. The molecule has 3 heterocycles. The highest BCUT2D eigenvalue weighted by atomic mass is 16.5. The third kappa shape index (κ3) is 8.44. The predicted octanol–water partition coefficient (Wildman–Crippen LogP) is 20.3. The molecular weight excluding hydrogens is 1070 g/mol. The van der Waals surface area contributed by atoms with E-state index in [1.165, 1.54) is 94.0 Å². The second-order valence-corrected chi connectivity index (χ2v) is 25.9. The summed E-state index contributed by atoms with van der Waals surface area (Å²) in [4.78, 5) is 7.23. The molecule has 1 aromatic heterocycles. The highest BCUT2D eigenvalue weighted by Crippen LogP contribution is 2.53. The van der Waals surface area contributed by atoms with Crippen molar-refractivity contribution >= 4 is 96.1 Å². The molecule has 0 unspecified atom stereocenters. The van der Waals surface area contributed by atoms with E-state index < -0.39 is 0 Å². The van der Waals surface area contributed by atoms with Gasteiger partial charge in [0.2, 0.25) is 0 Å². The van der Waals surface area contributed by atoms with E-state index in [0.29, 0.717) is 0 Å². The summed E-state index contributed by atoms with van der Waals surface area (Å²) in [7, 11) is 0. The molecule has 6 heteroatoms. The van der Waals surface area contributed by atoms with Crippen molar-refractivity contribution in [1.82, 2.24) is 4.57 Å². The molecule has 12 aromatic carbocycles. The lowest BCUT2D eigenvalue weighted by atomic mass is 9.34. The molecule has 0 N–H and O–H groups in total. The van der Waals surface area contributed by atoms with Gasteiger partial charge in [0.1, 0.15) is 11.5 Å². The van der Waals surface area contributed by atoms with E-state index in [4.69, 9.17) is 4.74 Å². The summed E-state index contributed by atoms with van der Waals surface area (Å²) in [5.74, 6) is 1.85. The summed E-state index contributed by atoms with van der Waals surface area (Å²) in [6.45, 7) is 18.5. The lowest BCUT2D eigenvalue weighted by Crippen LogP contribution is -2.59. The number of anilines is 9. The minimum absolute atomic E-state index is 0.0440. The quantitative estimate of drug-likeness (QED) is 0.134. The van der Waals surface area contributed by atoms with Gasteiger partial charge in [-0.2, -0.15) is 0 Å². The highest BCUT2D eigenvalue weighted by Gasteiger charge is 2.45. The maximum Gasteiger partial charge on any atom is 0.256 e. The fourth-order valence-electron chi connectivity index (χ4n) is 14.9. The van der Waals surface area contributed by atoms with Crippen LogP contribution >= 0.6 is 0 Å². The number of nitrogens with zero attached hydrogens (tertiary/aromatic N) is 4. The standard InChI is InChI=1S/C82H67BN4O/c1-52-43-76-80-78(44-52)88-77-50-68-65-40-38-62(84(57-23-13-9-14-24-57)58-25-15-10-16-26-58)48-69(65)82(7,8)70(68)51-72(77)83(80)71-42-35-56(81(4,5)6)47-75(71)86(76)61-36-33-55(34-37-61)79-53(2)45-64(46-54(79)3)87-73-32-22-21-31-66(73)67-41-39-63(49-74(67)87)85(59-27-17-11-18-28-59)60-29-19-12-20-30-60/h9-51H,1-8H3. The fraction of sp³-hybridized carbons (Fsp3) is 0.122. The number of benzene rings is 12. The number of rotatable bonds is 9. The Morgan fingerprint density at radius 2 is 0.977 bits per heavy atom. The van der Waals surface area contributed by atoms with Gasteiger partial charge >= 0.3 is 0 Å². The van der Waals surface area contributed by atoms with Gasteiger partial charge in [-0.1, -0.05) is 168 Å². The normalized spacial score (nSPS) is 13.4. The Labute approximate surface area is 517 Å². The largest absolute Gasteiger partial charge is 0.458 e. The van der Waals surface area contributed by atoms with E-state index in [9.17, 15) is 0 Å². The van der Waals surface area contributed by atoms with Crippen molar-refractivity contribution in [1.29, 1.82) is 0 Å². The fourth-order valence-corrected chi connectivity index (χ4v) is 14.9. The average molecular weight is 1140 g/mol. The lowest BCUT2D eigenvalue weighted by Gasteiger charge is -2.41. The van der Waals surface area contributed by atoms with Crippen molar-refractivity contribution in [2.75, 3.05) is 14.7 Å². The lowest BCUT2D eigenvalue weighted by molar-refractivity contribution is 0.487. The Kier molecular flexibility index (Phi) is 12.2. The topological polar surface area (TPSA) is 23.9 Å². The van der Waals surface area contributed by atoms with Crippen LogP contribution in [0.15, 0.2) is 261 Å². The first kappa shape index (κ1) is 53.2. The maximum absolute atomic E-state index is 7.27. The maximum atomic E-state index is 7.27. The third-order valence-corrected chi connectivity index (χ3v) is 19.0. The van der Waals surface area contributed by atoms with Crippen LogP contribution in [0.3, 0.4) is 0 Å². The van der Waals surface area contributed by atoms with Crippen molar-refractivity contribution in [3.8, 4) is 39.4 Å². The molecule has 88 heavy (non-hydrogen) atoms. The van der Waals surface area contributed by atoms with Gasteiger partial charge in [0.25, 0.3) is 6.71 Å². The first-order chi connectivity index (χ1) is 42.8. The monoisotopic (exact) mass is 1130 g/mol. The summed E-state index contributed by atoms with van der Waals surface area (Å²) in [5.41, 5.74) is 29.5. The number of aromatic nitrogens is 1. The van der Waals surface area contributed by atoms with E-state index in [2.05, 4.69) is 336 Å². The zero-order valence-electron chi connectivity index (χ0n) is 51.1. The van der Waals surface area contributed by atoms with Gasteiger partial charge in [-0.3, -0.25) is 0 Å². The molecule has 3 aliphatic rings. The summed E-state index contributed by atoms with van der Waals surface area (Å²) in [6.07, 6.45) is 0. The van der Waals surface area contributed by atoms with Crippen LogP contribution in [-0.4, -0.2) is 11.3 Å². The molecule has 0 bridgehead atoms. The molecule has 0 atom stereocenters. The smallest absolute Gasteiger partial charge is 0.256 e. The van der Waals surface area contributed by atoms with Gasteiger partial charge in [0.05, 0.1) is 11.0 Å². The van der Waals surface area contributed by atoms with Crippen LogP contribution < -0.4 is 35.8 Å². The van der Waals surface area contributed by atoms with E-state index in [1.54, 1.807) is 0 Å². The van der Waals surface area contributed by atoms with E-state index in [1.807, 2.05) is 0 Å². The van der Waals surface area contributed by atoms with E-state index >= 15 is 0 Å². The van der Waals surface area contributed by atoms with Gasteiger partial charge in [-0.05, 0) is 226 Å². The molecule has 5 nitrogen and oxygen atoms in total. The van der Waals surface area contributed by atoms with Crippen molar-refractivity contribution < 1.29 is 4.74 Å². The minimum atomic E-state index is -0.285. The molecule has 0 fully saturated rings. The number of ether oxygens (including phenoxy) is 1. The summed E-state index contributed by atoms with van der Waals surface area (Å²) < 4.78 is 9.73. The first-order valence-corrected chi connectivity index (χ1v) is 30.9. The molecule has 1 aliphatic carbocycles. The Hall–Kier alpha value is -10.3. The summed E-state index contributed by atoms with van der Waals surface area (Å²) in [6, 6.07) is 96.4. The van der Waals surface area contributed by atoms with Gasteiger partial charge < -0.3 is 24.0 Å². The van der Waals surface area contributed by atoms with Crippen LogP contribution in [0, 0.1) is 20.8 Å². The molecule has 13 aromatic rings. The van der Waals surface area contributed by atoms with Gasteiger partial charge in [0.15, 0.2) is 0 Å². The Morgan fingerprint density at radius 3 is 1.59 bits per heavy atom. The minimum Gasteiger partial charge on any atom is -0.458 e. The molecule has 0 spiro atoms. The molecule has 0 saturated carbocycles. The van der Waals surface area contributed by atoms with Crippen LogP contribution in [0.1, 0.15) is 68.0 Å². The number of hydrogen-bond donors (Lipinski definition) is 0. The summed E-state index contributed by atoms with van der Waals surface area (Å²) >= 11 is 0. The van der Waals surface area contributed by atoms with E-state index in [-0.39, 0.29) is 17.5 Å². The van der Waals surface area contributed by atoms with Crippen LogP contribution in [-0.2, 0) is 10.8 Å². The van der Waals surface area contributed by atoms with Crippen molar-refractivity contribution in [3.63, 3.8) is 0 Å². The van der Waals surface area contributed by atoms with Crippen molar-refractivity contribution in [2.24, 2.45) is 0 Å². The van der Waals surface area contributed by atoms with Crippen molar-refractivity contribution in [3.05, 3.63) is 294 Å². The van der Waals surface area contributed by atoms with E-state index in [0.717, 1.165) is 68.2 Å². The molecular formula is C82H67BN4O. The van der Waals surface area contributed by atoms with Crippen molar-refractivity contribution in [2.45, 2.75) is 66.2 Å². The van der Waals surface area contributed by atoms with Gasteiger partial charge in [-0.25, -0.2) is 0 Å². The van der Waals surface area contributed by atoms with Crippen LogP contribution in [0.25, 0.3) is 49.7 Å². The SMILES string of the molecule is Cc1cc2c3c(c1)N(c1ccc(-c4c(C)cc(-n5c6ccccc6c6ccc(N(c7ccccc7)c7ccccc7)cc65)cc4C)cc1)c1cc(C(C)(C)C)ccc1B3c1cc3c(cc1O2)-c1ccc(N(c2ccccc2)c2ccccc2)cc1C3(C)C. The van der Waals surface area contributed by atoms with Gasteiger partial charge in [-0.15, -0.1) is 0 Å². The molecule has 2 aliphatic heterocycles. The Morgan fingerprint density at radius 1 is 0.420 bits per heavy atom. The first-order valence-electron chi connectivity index (χ1n) is 30.9. The molecule has 16 rings (SSSR count). The average Bonchev–Trinajstić information content (AvgIpc) is 1.08. The molecule has 0 radical (unpaired) electrons. The van der Waals surface area contributed by atoms with Crippen LogP contribution in [0.5, 0.6) is 11.5 Å².